The number of carbonyl (C=O) groups excluding carboxylic acids is 1. The van der Waals surface area contributed by atoms with E-state index in [0.29, 0.717) is 24.0 Å². The maximum absolute atomic E-state index is 12.6. The molecule has 2 atom stereocenters. The fourth-order valence-electron chi connectivity index (χ4n) is 3.29. The molecule has 31 heavy (non-hydrogen) atoms. The molecular weight excluding hydrogens is 396 g/mol. The molecule has 0 saturated heterocycles. The summed E-state index contributed by atoms with van der Waals surface area (Å²) in [4.78, 5) is 12.6. The Morgan fingerprint density at radius 1 is 1.23 bits per heavy atom. The summed E-state index contributed by atoms with van der Waals surface area (Å²) in [6.45, 7) is 7.30. The van der Waals surface area contributed by atoms with Crippen molar-refractivity contribution in [1.29, 1.82) is 0 Å². The first-order valence-corrected chi connectivity index (χ1v) is 9.92. The second-order valence-electron chi connectivity index (χ2n) is 7.97. The van der Waals surface area contributed by atoms with E-state index in [1.165, 1.54) is 24.3 Å². The van der Waals surface area contributed by atoms with Crippen molar-refractivity contribution in [3.63, 3.8) is 0 Å². The first-order valence-electron chi connectivity index (χ1n) is 9.92. The van der Waals surface area contributed by atoms with E-state index >= 15 is 0 Å². The number of phenolic OH excluding ortho intramolecular Hbond substituents is 3. The van der Waals surface area contributed by atoms with Crippen LogP contribution < -0.4 is 4.74 Å². The van der Waals surface area contributed by atoms with E-state index < -0.39 is 17.5 Å². The predicted octanol–water partition coefficient (Wildman–Crippen LogP) is 4.58. The van der Waals surface area contributed by atoms with Crippen molar-refractivity contribution in [1.82, 2.24) is 0 Å². The third kappa shape index (κ3) is 4.98. The first-order chi connectivity index (χ1) is 14.6. The van der Waals surface area contributed by atoms with Crippen LogP contribution in [0.5, 0.6) is 23.0 Å². The molecule has 0 spiro atoms. The highest BCUT2D eigenvalue weighted by molar-refractivity contribution is 6.10. The Hall–Kier alpha value is -3.51. The minimum absolute atomic E-state index is 0.0548. The lowest BCUT2D eigenvalue weighted by molar-refractivity contribution is 0.0974. The summed E-state index contributed by atoms with van der Waals surface area (Å²) >= 11 is 0. The number of aliphatic hydroxyl groups excluding tert-OH is 1. The molecule has 3 rings (SSSR count). The van der Waals surface area contributed by atoms with E-state index in [2.05, 4.69) is 6.58 Å². The van der Waals surface area contributed by atoms with Gasteiger partial charge >= 0.3 is 0 Å². The molecule has 1 aliphatic rings. The van der Waals surface area contributed by atoms with E-state index in [4.69, 9.17) is 4.74 Å². The minimum Gasteiger partial charge on any atom is -0.508 e. The number of hydrogen-bond acceptors (Lipinski definition) is 6. The van der Waals surface area contributed by atoms with Crippen LogP contribution in [-0.4, -0.2) is 37.9 Å². The Morgan fingerprint density at radius 2 is 1.90 bits per heavy atom. The second kappa shape index (κ2) is 8.70. The summed E-state index contributed by atoms with van der Waals surface area (Å²) in [5.41, 5.74) is 0.731. The van der Waals surface area contributed by atoms with Gasteiger partial charge in [-0.05, 0) is 68.7 Å². The predicted molar refractivity (Wildman–Crippen MR) is 119 cm³/mol. The molecule has 0 amide bonds. The van der Waals surface area contributed by atoms with Crippen molar-refractivity contribution in [3.8, 4) is 23.0 Å². The zero-order valence-corrected chi connectivity index (χ0v) is 17.5. The fourth-order valence-corrected chi connectivity index (χ4v) is 3.29. The highest BCUT2D eigenvalue weighted by atomic mass is 16.5. The van der Waals surface area contributed by atoms with Gasteiger partial charge in [-0.25, -0.2) is 0 Å². The van der Waals surface area contributed by atoms with Crippen molar-refractivity contribution in [2.24, 2.45) is 0 Å². The standard InChI is InChI=1S/C25H26O6/c1-15(2)20(27)11-13-25(3)12-10-18-23(30)19(14-22(29)24(18)31-25)21(28)9-6-16-4-7-17(26)8-5-16/h4-10,12,14,20,26-27,29-30H,1,11,13H2,2-3H3/b9-6+/t20-,25-/m1/s1. The molecule has 4 N–H and O–H groups in total. The highest BCUT2D eigenvalue weighted by Gasteiger charge is 2.32. The van der Waals surface area contributed by atoms with Gasteiger partial charge in [0.25, 0.3) is 0 Å². The average Bonchev–Trinajstić information content (AvgIpc) is 2.73. The molecule has 2 aromatic carbocycles. The Balaban J connectivity index is 1.83. The SMILES string of the molecule is C=C(C)[C@H](O)CC[C@@]1(C)C=Cc2c(O)c(C(=O)/C=C/c3ccc(O)cc3)cc(O)c2O1. The lowest BCUT2D eigenvalue weighted by Gasteiger charge is -2.33. The summed E-state index contributed by atoms with van der Waals surface area (Å²) < 4.78 is 5.95. The molecule has 2 aromatic rings. The van der Waals surface area contributed by atoms with Crippen LogP contribution in [0.3, 0.4) is 0 Å². The van der Waals surface area contributed by atoms with Crippen LogP contribution in [0.1, 0.15) is 48.2 Å². The minimum atomic E-state index is -0.794. The van der Waals surface area contributed by atoms with E-state index in [1.54, 1.807) is 37.3 Å². The molecule has 0 unspecified atom stereocenters. The number of aliphatic hydroxyl groups is 1. The van der Waals surface area contributed by atoms with Gasteiger partial charge in [0, 0.05) is 0 Å². The van der Waals surface area contributed by atoms with Crippen LogP contribution in [0.15, 0.2) is 54.6 Å². The Bertz CT molecular complexity index is 1060. The van der Waals surface area contributed by atoms with Gasteiger partial charge in [-0.1, -0.05) is 30.4 Å². The van der Waals surface area contributed by atoms with Gasteiger partial charge in [-0.15, -0.1) is 0 Å². The molecule has 1 aliphatic heterocycles. The van der Waals surface area contributed by atoms with Gasteiger partial charge in [0.05, 0.1) is 17.2 Å². The number of fused-ring (bicyclic) bond motifs is 1. The molecule has 0 saturated carbocycles. The van der Waals surface area contributed by atoms with Gasteiger partial charge in [-0.2, -0.15) is 0 Å². The monoisotopic (exact) mass is 422 g/mol. The second-order valence-corrected chi connectivity index (χ2v) is 7.97. The molecule has 1 heterocycles. The molecule has 162 valence electrons. The quantitative estimate of drug-likeness (QED) is 0.225. The maximum atomic E-state index is 12.6. The van der Waals surface area contributed by atoms with Crippen LogP contribution in [-0.2, 0) is 0 Å². The Labute approximate surface area is 181 Å². The molecule has 0 aliphatic carbocycles. The number of phenols is 3. The summed E-state index contributed by atoms with van der Waals surface area (Å²) in [5.74, 6) is -0.825. The number of hydrogen-bond donors (Lipinski definition) is 4. The molecule has 6 heteroatoms. The lowest BCUT2D eigenvalue weighted by Crippen LogP contribution is -2.33. The molecular formula is C25H26O6. The Kier molecular flexibility index (Phi) is 6.22. The number of rotatable bonds is 7. The zero-order valence-electron chi connectivity index (χ0n) is 17.5. The topological polar surface area (TPSA) is 107 Å². The van der Waals surface area contributed by atoms with Gasteiger partial charge in [-0.3, -0.25) is 4.79 Å². The summed E-state index contributed by atoms with van der Waals surface area (Å²) in [6.07, 6.45) is 6.42. The molecule has 6 nitrogen and oxygen atoms in total. The first kappa shape index (κ1) is 22.2. The summed E-state index contributed by atoms with van der Waals surface area (Å²) in [7, 11) is 0. The number of carbonyl (C=O) groups is 1. The van der Waals surface area contributed by atoms with Gasteiger partial charge in [0.1, 0.15) is 17.1 Å². The highest BCUT2D eigenvalue weighted by Crippen LogP contribution is 2.46. The number of allylic oxidation sites excluding steroid dienone is 1. The molecule has 0 aromatic heterocycles. The third-order valence-electron chi connectivity index (χ3n) is 5.28. The van der Waals surface area contributed by atoms with Gasteiger partial charge < -0.3 is 25.2 Å². The van der Waals surface area contributed by atoms with Crippen LogP contribution in [0.2, 0.25) is 0 Å². The summed E-state index contributed by atoms with van der Waals surface area (Å²) in [6, 6.07) is 7.47. The van der Waals surface area contributed by atoms with Crippen LogP contribution in [0.25, 0.3) is 12.2 Å². The third-order valence-corrected chi connectivity index (χ3v) is 5.28. The van der Waals surface area contributed by atoms with Crippen molar-refractivity contribution in [2.45, 2.75) is 38.4 Å². The largest absolute Gasteiger partial charge is 0.508 e. The fraction of sp³-hybridized carbons (Fsp3) is 0.240. The van der Waals surface area contributed by atoms with E-state index in [9.17, 15) is 25.2 Å². The molecule has 0 radical (unpaired) electrons. The van der Waals surface area contributed by atoms with Crippen molar-refractivity contribution < 1.29 is 30.0 Å². The normalized spacial score (nSPS) is 18.4. The lowest BCUT2D eigenvalue weighted by atomic mass is 9.91. The molecule has 0 bridgehead atoms. The van der Waals surface area contributed by atoms with E-state index in [0.717, 1.165) is 0 Å². The zero-order chi connectivity index (χ0) is 22.8. The van der Waals surface area contributed by atoms with Crippen molar-refractivity contribution >= 4 is 17.9 Å². The smallest absolute Gasteiger partial charge is 0.189 e. The van der Waals surface area contributed by atoms with Crippen molar-refractivity contribution in [2.75, 3.05) is 0 Å². The Morgan fingerprint density at radius 3 is 2.55 bits per heavy atom. The summed E-state index contributed by atoms with van der Waals surface area (Å²) in [5, 5.41) is 40.4. The average molecular weight is 422 g/mol. The number of aromatic hydroxyl groups is 3. The molecule has 0 fully saturated rings. The van der Waals surface area contributed by atoms with Gasteiger partial charge in [0.15, 0.2) is 17.3 Å². The van der Waals surface area contributed by atoms with E-state index in [-0.39, 0.29) is 34.1 Å². The number of ketones is 1. The van der Waals surface area contributed by atoms with Gasteiger partial charge in [0.2, 0.25) is 0 Å². The van der Waals surface area contributed by atoms with Crippen LogP contribution >= 0.6 is 0 Å². The van der Waals surface area contributed by atoms with Crippen LogP contribution in [0.4, 0.5) is 0 Å². The number of benzene rings is 2. The van der Waals surface area contributed by atoms with Crippen molar-refractivity contribution in [3.05, 3.63) is 71.3 Å². The van der Waals surface area contributed by atoms with E-state index in [1.807, 2.05) is 6.92 Å². The maximum Gasteiger partial charge on any atom is 0.189 e. The van der Waals surface area contributed by atoms with Crippen LogP contribution in [0, 0.1) is 0 Å². The number of ether oxygens (including phenoxy) is 1.